The Morgan fingerprint density at radius 2 is 2.28 bits per heavy atom. The van der Waals surface area contributed by atoms with Gasteiger partial charge in [-0.15, -0.1) is 0 Å². The van der Waals surface area contributed by atoms with Crippen molar-refractivity contribution in [1.82, 2.24) is 10.3 Å². The van der Waals surface area contributed by atoms with Gasteiger partial charge in [-0.2, -0.15) is 0 Å². The van der Waals surface area contributed by atoms with E-state index < -0.39 is 11.6 Å². The number of carbonyl (C=O) groups excluding carboxylic acids is 1. The van der Waals surface area contributed by atoms with Crippen LogP contribution in [0.15, 0.2) is 28.8 Å². The number of rotatable bonds is 6. The zero-order valence-corrected chi connectivity index (χ0v) is 13.9. The van der Waals surface area contributed by atoms with Gasteiger partial charge in [-0.1, -0.05) is 0 Å². The van der Waals surface area contributed by atoms with E-state index in [1.807, 2.05) is 6.92 Å². The number of carbonyl (C=O) groups is 1. The Morgan fingerprint density at radius 1 is 1.44 bits per heavy atom. The number of nitrogens with zero attached hydrogens (tertiary/aromatic N) is 1. The summed E-state index contributed by atoms with van der Waals surface area (Å²) < 4.78 is 37.7. The predicted molar refractivity (Wildman–Crippen MR) is 86.8 cm³/mol. The van der Waals surface area contributed by atoms with E-state index in [9.17, 15) is 13.6 Å². The summed E-state index contributed by atoms with van der Waals surface area (Å²) in [7, 11) is 0. The van der Waals surface area contributed by atoms with Crippen molar-refractivity contribution in [2.45, 2.75) is 44.8 Å². The summed E-state index contributed by atoms with van der Waals surface area (Å²) in [5.74, 6) is -0.946. The first-order chi connectivity index (χ1) is 12.0. The van der Waals surface area contributed by atoms with Crippen molar-refractivity contribution in [2.24, 2.45) is 0 Å². The summed E-state index contributed by atoms with van der Waals surface area (Å²) in [6.07, 6.45) is 3.92. The highest BCUT2D eigenvalue weighted by molar-refractivity contribution is 5.76. The van der Waals surface area contributed by atoms with Crippen LogP contribution in [0.25, 0.3) is 11.3 Å². The number of halogens is 2. The smallest absolute Gasteiger partial charge is 0.220 e. The molecule has 0 radical (unpaired) electrons. The predicted octanol–water partition coefficient (Wildman–Crippen LogP) is 3.24. The Bertz CT molecular complexity index is 742. The Hall–Kier alpha value is -2.28. The molecule has 0 bridgehead atoms. The molecule has 2 heterocycles. The number of amides is 1. The minimum absolute atomic E-state index is 0.0385. The molecule has 2 atom stereocenters. The van der Waals surface area contributed by atoms with Crippen LogP contribution in [0.1, 0.15) is 32.1 Å². The van der Waals surface area contributed by atoms with Crippen molar-refractivity contribution in [3.8, 4) is 11.3 Å². The number of ether oxygens (including phenoxy) is 1. The molecule has 5 nitrogen and oxygen atoms in total. The first-order valence-electron chi connectivity index (χ1n) is 8.34. The Kier molecular flexibility index (Phi) is 5.43. The monoisotopic (exact) mass is 350 g/mol. The van der Waals surface area contributed by atoms with Crippen molar-refractivity contribution in [3.05, 3.63) is 41.9 Å². The molecular formula is C18H20F2N2O3. The van der Waals surface area contributed by atoms with Gasteiger partial charge in [0.05, 0.1) is 23.9 Å². The zero-order chi connectivity index (χ0) is 17.8. The Balaban J connectivity index is 1.53. The van der Waals surface area contributed by atoms with Gasteiger partial charge in [-0.05, 0) is 31.9 Å². The maximum atomic E-state index is 13.7. The molecule has 2 aromatic rings. The molecule has 1 aliphatic heterocycles. The molecular weight excluding hydrogens is 330 g/mol. The van der Waals surface area contributed by atoms with E-state index in [4.69, 9.17) is 9.15 Å². The highest BCUT2D eigenvalue weighted by Gasteiger charge is 2.23. The lowest BCUT2D eigenvalue weighted by atomic mass is 10.1. The van der Waals surface area contributed by atoms with Crippen LogP contribution in [0.3, 0.4) is 0 Å². The molecule has 1 aliphatic rings. The molecule has 1 aromatic heterocycles. The van der Waals surface area contributed by atoms with Crippen LogP contribution in [-0.4, -0.2) is 29.6 Å². The van der Waals surface area contributed by atoms with E-state index in [1.165, 1.54) is 12.3 Å². The summed E-state index contributed by atoms with van der Waals surface area (Å²) in [5, 5.41) is 2.91. The van der Waals surface area contributed by atoms with Gasteiger partial charge in [0.25, 0.3) is 0 Å². The number of hydrogen-bond acceptors (Lipinski definition) is 4. The molecule has 1 N–H and O–H groups in total. The van der Waals surface area contributed by atoms with E-state index in [0.29, 0.717) is 12.3 Å². The number of benzene rings is 1. The lowest BCUT2D eigenvalue weighted by Gasteiger charge is -2.19. The van der Waals surface area contributed by atoms with Crippen LogP contribution in [0.4, 0.5) is 8.78 Å². The molecule has 1 amide bonds. The van der Waals surface area contributed by atoms with Crippen molar-refractivity contribution in [2.75, 3.05) is 6.61 Å². The van der Waals surface area contributed by atoms with Crippen LogP contribution in [-0.2, 0) is 16.0 Å². The van der Waals surface area contributed by atoms with Gasteiger partial charge in [-0.25, -0.2) is 13.8 Å². The molecule has 3 rings (SSSR count). The summed E-state index contributed by atoms with van der Waals surface area (Å²) in [4.78, 5) is 16.1. The second-order valence-corrected chi connectivity index (χ2v) is 6.15. The number of hydrogen-bond donors (Lipinski definition) is 1. The Morgan fingerprint density at radius 3 is 3.00 bits per heavy atom. The number of nitrogens with one attached hydrogen (secondary N) is 1. The molecule has 0 spiro atoms. The van der Waals surface area contributed by atoms with Crippen molar-refractivity contribution < 1.29 is 22.7 Å². The van der Waals surface area contributed by atoms with Crippen LogP contribution < -0.4 is 5.32 Å². The van der Waals surface area contributed by atoms with Crippen LogP contribution in [0, 0.1) is 11.6 Å². The maximum Gasteiger partial charge on any atom is 0.220 e. The second-order valence-electron chi connectivity index (χ2n) is 6.15. The average molecular weight is 350 g/mol. The molecule has 1 saturated heterocycles. The van der Waals surface area contributed by atoms with Gasteiger partial charge < -0.3 is 14.5 Å². The van der Waals surface area contributed by atoms with E-state index in [2.05, 4.69) is 10.3 Å². The highest BCUT2D eigenvalue weighted by atomic mass is 19.1. The minimum atomic E-state index is -0.717. The van der Waals surface area contributed by atoms with E-state index in [0.717, 1.165) is 31.6 Å². The van der Waals surface area contributed by atoms with Gasteiger partial charge in [0.1, 0.15) is 11.6 Å². The maximum absolute atomic E-state index is 13.7. The fourth-order valence-corrected chi connectivity index (χ4v) is 2.88. The third-order valence-corrected chi connectivity index (χ3v) is 4.23. The summed E-state index contributed by atoms with van der Waals surface area (Å²) in [5.41, 5.74) is 0.136. The summed E-state index contributed by atoms with van der Waals surface area (Å²) in [6, 6.07) is 3.20. The summed E-state index contributed by atoms with van der Waals surface area (Å²) in [6.45, 7) is 2.67. The number of oxazole rings is 1. The quantitative estimate of drug-likeness (QED) is 0.869. The van der Waals surface area contributed by atoms with Crippen molar-refractivity contribution in [3.63, 3.8) is 0 Å². The lowest BCUT2D eigenvalue weighted by molar-refractivity contribution is -0.122. The molecule has 0 aliphatic carbocycles. The van der Waals surface area contributed by atoms with Gasteiger partial charge in [0.15, 0.2) is 11.7 Å². The third kappa shape index (κ3) is 4.42. The van der Waals surface area contributed by atoms with E-state index >= 15 is 0 Å². The average Bonchev–Trinajstić information content (AvgIpc) is 3.25. The second kappa shape index (κ2) is 7.74. The standard InChI is InChI=1S/C18H20F2N2O3/c1-11(15-3-2-8-24-15)22-17(23)6-7-18-21-10-16(25-18)13-5-4-12(19)9-14(13)20/h4-5,9-11,15H,2-3,6-8H2,1H3,(H,22,23). The first kappa shape index (κ1) is 17.5. The molecule has 7 heteroatoms. The van der Waals surface area contributed by atoms with Gasteiger partial charge in [-0.3, -0.25) is 4.79 Å². The Labute approximate surface area is 144 Å². The molecule has 1 fully saturated rings. The fraction of sp³-hybridized carbons (Fsp3) is 0.444. The summed E-state index contributed by atoms with van der Waals surface area (Å²) >= 11 is 0. The third-order valence-electron chi connectivity index (χ3n) is 4.23. The van der Waals surface area contributed by atoms with Crippen molar-refractivity contribution >= 4 is 5.91 Å². The molecule has 134 valence electrons. The molecule has 25 heavy (non-hydrogen) atoms. The number of aryl methyl sites for hydroxylation is 1. The fourth-order valence-electron chi connectivity index (χ4n) is 2.88. The van der Waals surface area contributed by atoms with Gasteiger partial charge in [0, 0.05) is 25.5 Å². The van der Waals surface area contributed by atoms with E-state index in [1.54, 1.807) is 0 Å². The van der Waals surface area contributed by atoms with Crippen molar-refractivity contribution in [1.29, 1.82) is 0 Å². The largest absolute Gasteiger partial charge is 0.441 e. The zero-order valence-electron chi connectivity index (χ0n) is 13.9. The topological polar surface area (TPSA) is 64.4 Å². The number of aromatic nitrogens is 1. The lowest BCUT2D eigenvalue weighted by Crippen LogP contribution is -2.40. The van der Waals surface area contributed by atoms with Crippen LogP contribution >= 0.6 is 0 Å². The molecule has 2 unspecified atom stereocenters. The normalized spacial score (nSPS) is 18.3. The van der Waals surface area contributed by atoms with Gasteiger partial charge >= 0.3 is 0 Å². The molecule has 1 aromatic carbocycles. The molecule has 0 saturated carbocycles. The minimum Gasteiger partial charge on any atom is -0.441 e. The van der Waals surface area contributed by atoms with E-state index in [-0.39, 0.29) is 35.8 Å². The van der Waals surface area contributed by atoms with Crippen LogP contribution in [0.5, 0.6) is 0 Å². The van der Waals surface area contributed by atoms with Crippen LogP contribution in [0.2, 0.25) is 0 Å². The SMILES string of the molecule is CC(NC(=O)CCc1ncc(-c2ccc(F)cc2F)o1)C1CCCO1. The highest BCUT2D eigenvalue weighted by Crippen LogP contribution is 2.24. The van der Waals surface area contributed by atoms with Gasteiger partial charge in [0.2, 0.25) is 5.91 Å². The first-order valence-corrected chi connectivity index (χ1v) is 8.34.